The molecule has 7 nitrogen and oxygen atoms in total. The van der Waals surface area contributed by atoms with Crippen LogP contribution in [0.15, 0.2) is 72.0 Å². The van der Waals surface area contributed by atoms with Crippen LogP contribution in [0.3, 0.4) is 0 Å². The van der Waals surface area contributed by atoms with E-state index in [1.165, 1.54) is 10.9 Å². The Morgan fingerprint density at radius 2 is 1.61 bits per heavy atom. The first-order chi connectivity index (χ1) is 13.7. The van der Waals surface area contributed by atoms with Crippen LogP contribution in [0.5, 0.6) is 11.5 Å². The molecule has 0 saturated carbocycles. The molecule has 1 N–H and O–H groups in total. The third-order valence-electron chi connectivity index (χ3n) is 4.34. The molecule has 28 heavy (non-hydrogen) atoms. The minimum atomic E-state index is -0.150. The maximum atomic E-state index is 13.0. The molecule has 0 saturated heterocycles. The lowest BCUT2D eigenvalue weighted by atomic mass is 10.2. The Labute approximate surface area is 161 Å². The number of benzene rings is 2. The van der Waals surface area contributed by atoms with E-state index in [0.717, 1.165) is 11.4 Å². The molecule has 0 aliphatic carbocycles. The van der Waals surface area contributed by atoms with Crippen molar-refractivity contribution in [3.05, 3.63) is 77.6 Å². The maximum Gasteiger partial charge on any atom is 0.265 e. The number of rotatable bonds is 5. The third kappa shape index (κ3) is 3.37. The summed E-state index contributed by atoms with van der Waals surface area (Å²) in [7, 11) is 3.20. The standard InChI is InChI=1S/C21H18N4O3/c1-27-17-9-15(10-18(12-17)28-2)24-14-3-4-20-19(11-14)21(26)25(13-23-20)16-5-7-22-8-6-16/h3-13,24H,1-2H3. The topological polar surface area (TPSA) is 78.3 Å². The van der Waals surface area contributed by atoms with Crippen molar-refractivity contribution in [2.45, 2.75) is 0 Å². The van der Waals surface area contributed by atoms with Crippen LogP contribution in [0.4, 0.5) is 11.4 Å². The van der Waals surface area contributed by atoms with Crippen molar-refractivity contribution >= 4 is 22.3 Å². The summed E-state index contributed by atoms with van der Waals surface area (Å²) in [6, 6.07) is 14.5. The Kier molecular flexibility index (Phi) is 4.63. The number of nitrogens with one attached hydrogen (secondary N) is 1. The normalized spacial score (nSPS) is 10.6. The number of aromatic nitrogens is 3. The van der Waals surface area contributed by atoms with Gasteiger partial charge in [-0.15, -0.1) is 0 Å². The minimum Gasteiger partial charge on any atom is -0.497 e. The first-order valence-corrected chi connectivity index (χ1v) is 8.60. The Morgan fingerprint density at radius 3 is 2.29 bits per heavy atom. The summed E-state index contributed by atoms with van der Waals surface area (Å²) in [6.45, 7) is 0. The molecule has 0 aliphatic rings. The van der Waals surface area contributed by atoms with Crippen molar-refractivity contribution in [1.82, 2.24) is 14.5 Å². The SMILES string of the molecule is COc1cc(Nc2ccc3ncn(-c4ccncc4)c(=O)c3c2)cc(OC)c1. The average Bonchev–Trinajstić information content (AvgIpc) is 2.74. The number of nitrogens with zero attached hydrogens (tertiary/aromatic N) is 3. The first kappa shape index (κ1) is 17.5. The van der Waals surface area contributed by atoms with Gasteiger partial charge in [0, 0.05) is 42.0 Å². The summed E-state index contributed by atoms with van der Waals surface area (Å²) >= 11 is 0. The molecule has 4 aromatic rings. The predicted octanol–water partition coefficient (Wildman–Crippen LogP) is 3.54. The number of hydrogen-bond acceptors (Lipinski definition) is 6. The van der Waals surface area contributed by atoms with E-state index < -0.39 is 0 Å². The highest BCUT2D eigenvalue weighted by molar-refractivity contribution is 5.83. The van der Waals surface area contributed by atoms with Crippen LogP contribution in [0.1, 0.15) is 0 Å². The first-order valence-electron chi connectivity index (χ1n) is 8.60. The summed E-state index contributed by atoms with van der Waals surface area (Å²) < 4.78 is 12.1. The second-order valence-electron chi connectivity index (χ2n) is 6.08. The number of anilines is 2. The molecule has 0 amide bonds. The lowest BCUT2D eigenvalue weighted by Crippen LogP contribution is -2.18. The molecule has 7 heteroatoms. The van der Waals surface area contributed by atoms with Gasteiger partial charge in [0.2, 0.25) is 0 Å². The van der Waals surface area contributed by atoms with E-state index in [4.69, 9.17) is 9.47 Å². The van der Waals surface area contributed by atoms with E-state index in [-0.39, 0.29) is 5.56 Å². The molecule has 0 atom stereocenters. The van der Waals surface area contributed by atoms with Crippen LogP contribution in [-0.4, -0.2) is 28.8 Å². The summed E-state index contributed by atoms with van der Waals surface area (Å²) in [5.41, 5.74) is 2.74. The van der Waals surface area contributed by atoms with E-state index >= 15 is 0 Å². The molecule has 140 valence electrons. The summed E-state index contributed by atoms with van der Waals surface area (Å²) in [4.78, 5) is 21.4. The molecule has 2 heterocycles. The Hall–Kier alpha value is -3.87. The summed E-state index contributed by atoms with van der Waals surface area (Å²) in [6.07, 6.45) is 4.81. The molecule has 2 aromatic carbocycles. The van der Waals surface area contributed by atoms with E-state index in [2.05, 4.69) is 15.3 Å². The average molecular weight is 374 g/mol. The van der Waals surface area contributed by atoms with Gasteiger partial charge in [0.25, 0.3) is 5.56 Å². The lowest BCUT2D eigenvalue weighted by molar-refractivity contribution is 0.395. The van der Waals surface area contributed by atoms with Crippen LogP contribution < -0.4 is 20.3 Å². The highest BCUT2D eigenvalue weighted by Crippen LogP contribution is 2.28. The molecule has 2 aromatic heterocycles. The molecular weight excluding hydrogens is 356 g/mol. The summed E-state index contributed by atoms with van der Waals surface area (Å²) in [5.74, 6) is 1.34. The van der Waals surface area contributed by atoms with Gasteiger partial charge in [0.05, 0.1) is 30.8 Å². The zero-order valence-electron chi connectivity index (χ0n) is 15.4. The van der Waals surface area contributed by atoms with Crippen LogP contribution in [0.25, 0.3) is 16.6 Å². The number of fused-ring (bicyclic) bond motifs is 1. The molecular formula is C21H18N4O3. The van der Waals surface area contributed by atoms with Crippen LogP contribution in [0, 0.1) is 0 Å². The molecule has 0 spiro atoms. The number of ether oxygens (including phenoxy) is 2. The summed E-state index contributed by atoms with van der Waals surface area (Å²) in [5, 5.41) is 3.80. The molecule has 4 rings (SSSR count). The molecule has 0 radical (unpaired) electrons. The molecule has 0 bridgehead atoms. The fourth-order valence-corrected chi connectivity index (χ4v) is 2.93. The van der Waals surface area contributed by atoms with Gasteiger partial charge in [-0.2, -0.15) is 0 Å². The molecule has 0 fully saturated rings. The van der Waals surface area contributed by atoms with E-state index in [1.807, 2.05) is 24.3 Å². The van der Waals surface area contributed by atoms with Crippen molar-refractivity contribution in [2.24, 2.45) is 0 Å². The van der Waals surface area contributed by atoms with Gasteiger partial charge in [0.1, 0.15) is 17.8 Å². The van der Waals surface area contributed by atoms with Gasteiger partial charge in [-0.25, -0.2) is 4.98 Å². The van der Waals surface area contributed by atoms with Crippen molar-refractivity contribution in [1.29, 1.82) is 0 Å². The minimum absolute atomic E-state index is 0.150. The lowest BCUT2D eigenvalue weighted by Gasteiger charge is -2.12. The fraction of sp³-hybridized carbons (Fsp3) is 0.0952. The van der Waals surface area contributed by atoms with E-state index in [1.54, 1.807) is 50.9 Å². The fourth-order valence-electron chi connectivity index (χ4n) is 2.93. The second kappa shape index (κ2) is 7.40. The van der Waals surface area contributed by atoms with Gasteiger partial charge in [-0.1, -0.05) is 0 Å². The Bertz CT molecular complexity index is 1170. The van der Waals surface area contributed by atoms with Crippen LogP contribution in [0.2, 0.25) is 0 Å². The number of pyridine rings is 1. The predicted molar refractivity (Wildman–Crippen MR) is 108 cm³/mol. The van der Waals surface area contributed by atoms with Crippen molar-refractivity contribution in [3.8, 4) is 17.2 Å². The smallest absolute Gasteiger partial charge is 0.265 e. The second-order valence-corrected chi connectivity index (χ2v) is 6.08. The Morgan fingerprint density at radius 1 is 0.893 bits per heavy atom. The van der Waals surface area contributed by atoms with Crippen LogP contribution >= 0.6 is 0 Å². The monoisotopic (exact) mass is 374 g/mol. The van der Waals surface area contributed by atoms with Crippen molar-refractivity contribution < 1.29 is 9.47 Å². The zero-order valence-corrected chi connectivity index (χ0v) is 15.4. The van der Waals surface area contributed by atoms with Gasteiger partial charge in [-0.3, -0.25) is 14.3 Å². The number of methoxy groups -OCH3 is 2. The van der Waals surface area contributed by atoms with Crippen LogP contribution in [-0.2, 0) is 0 Å². The van der Waals surface area contributed by atoms with E-state index in [0.29, 0.717) is 28.1 Å². The van der Waals surface area contributed by atoms with Gasteiger partial charge in [0.15, 0.2) is 0 Å². The quantitative estimate of drug-likeness (QED) is 0.576. The van der Waals surface area contributed by atoms with Crippen molar-refractivity contribution in [2.75, 3.05) is 19.5 Å². The van der Waals surface area contributed by atoms with Gasteiger partial charge < -0.3 is 14.8 Å². The highest BCUT2D eigenvalue weighted by atomic mass is 16.5. The Balaban J connectivity index is 1.75. The molecule has 0 aliphatic heterocycles. The largest absolute Gasteiger partial charge is 0.497 e. The molecule has 0 unspecified atom stereocenters. The third-order valence-corrected chi connectivity index (χ3v) is 4.34. The zero-order chi connectivity index (χ0) is 19.5. The number of hydrogen-bond donors (Lipinski definition) is 1. The van der Waals surface area contributed by atoms with E-state index in [9.17, 15) is 4.79 Å². The van der Waals surface area contributed by atoms with Crippen molar-refractivity contribution in [3.63, 3.8) is 0 Å². The maximum absolute atomic E-state index is 13.0. The van der Waals surface area contributed by atoms with Gasteiger partial charge >= 0.3 is 0 Å². The highest BCUT2D eigenvalue weighted by Gasteiger charge is 2.08. The van der Waals surface area contributed by atoms with Gasteiger partial charge in [-0.05, 0) is 30.3 Å².